The summed E-state index contributed by atoms with van der Waals surface area (Å²) in [6, 6.07) is 3.16. The summed E-state index contributed by atoms with van der Waals surface area (Å²) in [7, 11) is -3.67. The Kier molecular flexibility index (Phi) is 7.97. The number of aromatic nitrogens is 2. The predicted octanol–water partition coefficient (Wildman–Crippen LogP) is 3.62. The molecule has 2 aliphatic rings. The molecule has 37 heavy (non-hydrogen) atoms. The highest BCUT2D eigenvalue weighted by Gasteiger charge is 2.43. The highest BCUT2D eigenvalue weighted by molar-refractivity contribution is 8.26. The van der Waals surface area contributed by atoms with E-state index in [1.54, 1.807) is 12.3 Å². The highest BCUT2D eigenvalue weighted by atomic mass is 32.3. The third-order valence-electron chi connectivity index (χ3n) is 6.35. The molecule has 0 saturated carbocycles. The highest BCUT2D eigenvalue weighted by Crippen LogP contribution is 2.49. The van der Waals surface area contributed by atoms with Crippen LogP contribution in [0.1, 0.15) is 15.3 Å². The summed E-state index contributed by atoms with van der Waals surface area (Å²) < 4.78 is 45.1. The number of carbonyl (C=O) groups is 1. The Morgan fingerprint density at radius 3 is 2.57 bits per heavy atom. The number of thioether (sulfide) groups is 1. The van der Waals surface area contributed by atoms with Gasteiger partial charge in [-0.1, -0.05) is 20.4 Å². The van der Waals surface area contributed by atoms with E-state index in [9.17, 15) is 18.3 Å². The lowest BCUT2D eigenvalue weighted by Crippen LogP contribution is -2.62. The topological polar surface area (TPSA) is 151 Å². The van der Waals surface area contributed by atoms with Gasteiger partial charge < -0.3 is 14.5 Å². The second kappa shape index (κ2) is 10.7. The molecule has 1 aromatic carbocycles. The normalized spacial score (nSPS) is 18.1. The van der Waals surface area contributed by atoms with E-state index < -0.39 is 23.0 Å². The number of carbonyl (C=O) groups excluding carboxylic acids is 1. The molecule has 2 saturated heterocycles. The molecule has 5 N–H and O–H groups in total. The van der Waals surface area contributed by atoms with Gasteiger partial charge in [0.05, 0.1) is 34.9 Å². The molecule has 0 unspecified atom stereocenters. The molecule has 2 aromatic rings. The lowest BCUT2D eigenvalue weighted by Gasteiger charge is -2.47. The molecule has 0 bridgehead atoms. The average Bonchev–Trinajstić information content (AvgIpc) is 3.29. The number of rotatable bonds is 7. The van der Waals surface area contributed by atoms with E-state index in [-0.39, 0.29) is 41.6 Å². The number of ether oxygens (including phenoxy) is 1. The molecule has 0 atom stereocenters. The molecular weight excluding hydrogens is 521 g/mol. The fraction of sp³-hybridized carbons (Fsp3) is 0.478. The van der Waals surface area contributed by atoms with Gasteiger partial charge in [-0.25, -0.2) is 13.8 Å². The first-order chi connectivity index (χ1) is 17.5. The van der Waals surface area contributed by atoms with Gasteiger partial charge in [-0.05, 0) is 30.0 Å². The van der Waals surface area contributed by atoms with Crippen molar-refractivity contribution >= 4 is 55.2 Å². The Labute approximate surface area is 222 Å². The number of halogens is 1. The number of alkyl halides is 1. The predicted molar refractivity (Wildman–Crippen MR) is 148 cm³/mol. The quantitative estimate of drug-likeness (QED) is 0.257. The minimum Gasteiger partial charge on any atom is -0.377 e. The van der Waals surface area contributed by atoms with Crippen LogP contribution in [-0.4, -0.2) is 91.5 Å². The molecule has 204 valence electrons. The fourth-order valence-electron chi connectivity index (χ4n) is 4.27. The number of amides is 1. The van der Waals surface area contributed by atoms with Gasteiger partial charge in [-0.2, -0.15) is 5.10 Å². The third-order valence-corrected chi connectivity index (χ3v) is 8.71. The smallest absolute Gasteiger partial charge is 0.225 e. The molecule has 11 nitrogen and oxygen atoms in total. The summed E-state index contributed by atoms with van der Waals surface area (Å²) in [5, 5.41) is 21.3. The molecule has 2 aliphatic heterocycles. The number of hydrogen-bond donors (Lipinski definition) is 5. The van der Waals surface area contributed by atoms with Gasteiger partial charge in [-0.3, -0.25) is 24.7 Å². The van der Waals surface area contributed by atoms with Crippen LogP contribution in [0, 0.1) is 16.7 Å². The number of benzene rings is 1. The Bertz CT molecular complexity index is 1220. The fourth-order valence-corrected chi connectivity index (χ4v) is 6.24. The largest absolute Gasteiger partial charge is 0.377 e. The van der Waals surface area contributed by atoms with Crippen LogP contribution < -0.4 is 9.62 Å². The maximum absolute atomic E-state index is 13.7. The van der Waals surface area contributed by atoms with E-state index in [2.05, 4.69) is 16.4 Å². The van der Waals surface area contributed by atoms with Gasteiger partial charge in [0.25, 0.3) is 0 Å². The van der Waals surface area contributed by atoms with E-state index in [4.69, 9.17) is 15.6 Å². The Balaban J connectivity index is 0.00000400. The number of anilines is 1. The SMILES string of the molecule is C=CC(=N)SC(=N)n1ncc2c(N3CCN(C(=O)C(C)C)CC3)cc(S(O)(O)NC3(CF)COC3)cc21.[HH]. The summed E-state index contributed by atoms with van der Waals surface area (Å²) in [6.07, 6.45) is 2.91. The van der Waals surface area contributed by atoms with Crippen LogP contribution in [0.3, 0.4) is 0 Å². The zero-order valence-electron chi connectivity index (χ0n) is 20.7. The summed E-state index contributed by atoms with van der Waals surface area (Å²) in [5.74, 6) is -0.0193. The van der Waals surface area contributed by atoms with E-state index in [0.29, 0.717) is 42.8 Å². The minimum atomic E-state index is -3.67. The summed E-state index contributed by atoms with van der Waals surface area (Å²) in [5.41, 5.74) is -0.0880. The number of nitrogens with zero attached hydrogens (tertiary/aromatic N) is 4. The first kappa shape index (κ1) is 27.5. The lowest BCUT2D eigenvalue weighted by atomic mass is 10.0. The van der Waals surface area contributed by atoms with Gasteiger partial charge in [0, 0.05) is 44.6 Å². The standard InChI is InChI=1S/C23H32FN7O4S2.H2/c1-4-20(25)36-22(26)31-19-10-16(37(33,34)28-23(12-24)13-35-14-23)9-18(17(19)11-27-31)29-5-7-30(8-6-29)21(32)15(2)3;/h4,9-11,15,25-26,28,33-34H,1,5-8,12-14H2,2-3H3;1H. The Morgan fingerprint density at radius 2 is 2.03 bits per heavy atom. The molecule has 14 heteroatoms. The van der Waals surface area contributed by atoms with Crippen molar-refractivity contribution in [3.63, 3.8) is 0 Å². The van der Waals surface area contributed by atoms with Crippen molar-refractivity contribution in [1.29, 1.82) is 10.8 Å². The number of hydrogen-bond acceptors (Lipinski definition) is 10. The van der Waals surface area contributed by atoms with Gasteiger partial charge >= 0.3 is 0 Å². The number of nitrogens with one attached hydrogen (secondary N) is 3. The molecule has 1 aromatic heterocycles. The van der Waals surface area contributed by atoms with Crippen LogP contribution in [0.4, 0.5) is 10.1 Å². The van der Waals surface area contributed by atoms with Crippen LogP contribution in [0.2, 0.25) is 0 Å². The zero-order valence-corrected chi connectivity index (χ0v) is 22.4. The van der Waals surface area contributed by atoms with Crippen molar-refractivity contribution in [1.82, 2.24) is 19.4 Å². The first-order valence-electron chi connectivity index (χ1n) is 11.7. The Hall–Kier alpha value is -2.49. The van der Waals surface area contributed by atoms with Crippen LogP contribution in [-0.2, 0) is 9.53 Å². The molecule has 1 amide bonds. The monoisotopic (exact) mass is 555 g/mol. The van der Waals surface area contributed by atoms with Crippen molar-refractivity contribution in [3.05, 3.63) is 31.0 Å². The lowest BCUT2D eigenvalue weighted by molar-refractivity contribution is -0.134. The van der Waals surface area contributed by atoms with Gasteiger partial charge in [0.1, 0.15) is 12.2 Å². The third kappa shape index (κ3) is 5.54. The molecule has 0 radical (unpaired) electrons. The molecule has 2 fully saturated rings. The van der Waals surface area contributed by atoms with Crippen molar-refractivity contribution in [2.24, 2.45) is 5.92 Å². The Morgan fingerprint density at radius 1 is 1.35 bits per heavy atom. The maximum atomic E-state index is 13.7. The number of fused-ring (bicyclic) bond motifs is 1. The van der Waals surface area contributed by atoms with Crippen molar-refractivity contribution in [2.45, 2.75) is 24.3 Å². The van der Waals surface area contributed by atoms with Crippen LogP contribution in [0.15, 0.2) is 35.9 Å². The summed E-state index contributed by atoms with van der Waals surface area (Å²) >= 11 is 0.851. The molecule has 3 heterocycles. The van der Waals surface area contributed by atoms with E-state index in [0.717, 1.165) is 11.8 Å². The minimum absolute atomic E-state index is 0. The maximum Gasteiger partial charge on any atom is 0.225 e. The number of piperazine rings is 1. The molecule has 0 spiro atoms. The van der Waals surface area contributed by atoms with Crippen LogP contribution >= 0.6 is 22.5 Å². The second-order valence-corrected chi connectivity index (χ2v) is 12.2. The van der Waals surface area contributed by atoms with Crippen LogP contribution in [0.25, 0.3) is 10.9 Å². The summed E-state index contributed by atoms with van der Waals surface area (Å²) in [4.78, 5) is 16.4. The molecule has 0 aliphatic carbocycles. The van der Waals surface area contributed by atoms with Gasteiger partial charge in [0.2, 0.25) is 5.91 Å². The summed E-state index contributed by atoms with van der Waals surface area (Å²) in [6.45, 7) is 8.54. The van der Waals surface area contributed by atoms with E-state index in [1.165, 1.54) is 16.8 Å². The van der Waals surface area contributed by atoms with Crippen LogP contribution in [0.5, 0.6) is 0 Å². The average molecular weight is 556 g/mol. The van der Waals surface area contributed by atoms with Crippen molar-refractivity contribution in [2.75, 3.05) is 51.0 Å². The zero-order chi connectivity index (χ0) is 27.0. The van der Waals surface area contributed by atoms with Crippen molar-refractivity contribution in [3.8, 4) is 0 Å². The molecular formula is C23H34FN7O4S2. The first-order valence-corrected chi connectivity index (χ1v) is 14.1. The van der Waals surface area contributed by atoms with Gasteiger partial charge in [-0.15, -0.1) is 10.8 Å². The van der Waals surface area contributed by atoms with Gasteiger partial charge in [0.15, 0.2) is 5.17 Å². The second-order valence-electron chi connectivity index (χ2n) is 9.43. The van der Waals surface area contributed by atoms with E-state index >= 15 is 0 Å². The van der Waals surface area contributed by atoms with Crippen molar-refractivity contribution < 1.29 is 24.5 Å². The molecule has 4 rings (SSSR count). The van der Waals surface area contributed by atoms with E-state index in [1.807, 2.05) is 23.6 Å².